The second kappa shape index (κ2) is 9.24. The summed E-state index contributed by atoms with van der Waals surface area (Å²) < 4.78 is 5.16. The lowest BCUT2D eigenvalue weighted by atomic mass is 10.2. The van der Waals surface area contributed by atoms with Crippen LogP contribution in [-0.4, -0.2) is 25.5 Å². The Balaban J connectivity index is 2.12. The van der Waals surface area contributed by atoms with Gasteiger partial charge in [0.1, 0.15) is 5.75 Å². The first kappa shape index (κ1) is 18.2. The molecule has 0 aromatic heterocycles. The molecule has 0 aliphatic rings. The van der Waals surface area contributed by atoms with Crippen molar-refractivity contribution in [3.63, 3.8) is 0 Å². The number of carbonyl (C=O) groups is 2. The van der Waals surface area contributed by atoms with Crippen LogP contribution in [0.25, 0.3) is 6.08 Å². The quantitative estimate of drug-likeness (QED) is 0.676. The monoisotopic (exact) mass is 339 g/mol. The highest BCUT2D eigenvalue weighted by molar-refractivity contribution is 6.05. The minimum Gasteiger partial charge on any atom is -0.497 e. The van der Waals surface area contributed by atoms with Crippen LogP contribution in [0.4, 0.5) is 11.4 Å². The third-order valence-corrected chi connectivity index (χ3v) is 3.36. The molecule has 0 unspecified atom stereocenters. The summed E-state index contributed by atoms with van der Waals surface area (Å²) in [6.07, 6.45) is 3.34. The van der Waals surface area contributed by atoms with Crippen molar-refractivity contribution in [3.8, 4) is 5.75 Å². The van der Waals surface area contributed by atoms with Gasteiger partial charge >= 0.3 is 0 Å². The average Bonchev–Trinajstić information content (AvgIpc) is 2.62. The van der Waals surface area contributed by atoms with Crippen molar-refractivity contribution in [2.45, 2.75) is 6.42 Å². The summed E-state index contributed by atoms with van der Waals surface area (Å²) in [6, 6.07) is 14.5. The minimum absolute atomic E-state index is 0.193. The maximum Gasteiger partial charge on any atom is 0.248 e. The number of benzene rings is 2. The van der Waals surface area contributed by atoms with Gasteiger partial charge in [0.2, 0.25) is 11.8 Å². The summed E-state index contributed by atoms with van der Waals surface area (Å²) in [5.41, 5.74) is 7.25. The molecule has 25 heavy (non-hydrogen) atoms. The predicted octanol–water partition coefficient (Wildman–Crippen LogP) is 2.63. The number of amides is 2. The van der Waals surface area contributed by atoms with Crippen molar-refractivity contribution in [2.75, 3.05) is 24.3 Å². The highest BCUT2D eigenvalue weighted by atomic mass is 16.5. The van der Waals surface area contributed by atoms with Crippen molar-refractivity contribution in [1.29, 1.82) is 0 Å². The van der Waals surface area contributed by atoms with Crippen LogP contribution < -0.4 is 21.1 Å². The largest absolute Gasteiger partial charge is 0.497 e. The zero-order valence-electron chi connectivity index (χ0n) is 14.0. The molecule has 0 radical (unpaired) electrons. The number of rotatable bonds is 7. The van der Waals surface area contributed by atoms with E-state index >= 15 is 0 Å². The first-order chi connectivity index (χ1) is 12.1. The molecule has 0 atom stereocenters. The molecule has 0 saturated carbocycles. The molecule has 0 aliphatic heterocycles. The fourth-order valence-electron chi connectivity index (χ4n) is 2.12. The Morgan fingerprint density at radius 3 is 2.52 bits per heavy atom. The second-order valence-corrected chi connectivity index (χ2v) is 5.23. The van der Waals surface area contributed by atoms with Crippen molar-refractivity contribution in [2.24, 2.45) is 5.73 Å². The van der Waals surface area contributed by atoms with Crippen LogP contribution in [0.15, 0.2) is 54.6 Å². The summed E-state index contributed by atoms with van der Waals surface area (Å²) in [5, 5.41) is 5.48. The van der Waals surface area contributed by atoms with Crippen LogP contribution in [0, 0.1) is 0 Å². The molecule has 2 aromatic carbocycles. The van der Waals surface area contributed by atoms with Crippen LogP contribution in [0.3, 0.4) is 0 Å². The van der Waals surface area contributed by atoms with E-state index in [1.165, 1.54) is 13.2 Å². The van der Waals surface area contributed by atoms with Gasteiger partial charge in [0.05, 0.1) is 18.5 Å². The molecule has 0 spiro atoms. The van der Waals surface area contributed by atoms with E-state index in [0.717, 1.165) is 5.56 Å². The maximum atomic E-state index is 12.1. The highest BCUT2D eigenvalue weighted by Gasteiger charge is 2.10. The van der Waals surface area contributed by atoms with Gasteiger partial charge in [0, 0.05) is 25.1 Å². The van der Waals surface area contributed by atoms with E-state index in [1.807, 2.05) is 30.3 Å². The van der Waals surface area contributed by atoms with Gasteiger partial charge in [-0.3, -0.25) is 9.59 Å². The summed E-state index contributed by atoms with van der Waals surface area (Å²) in [4.78, 5) is 23.9. The zero-order valence-corrected chi connectivity index (χ0v) is 14.0. The zero-order chi connectivity index (χ0) is 18.1. The van der Waals surface area contributed by atoms with Crippen molar-refractivity contribution >= 4 is 29.3 Å². The van der Waals surface area contributed by atoms with E-state index in [0.29, 0.717) is 17.1 Å². The van der Waals surface area contributed by atoms with Gasteiger partial charge in [0.15, 0.2) is 0 Å². The molecule has 2 aromatic rings. The van der Waals surface area contributed by atoms with Crippen LogP contribution in [0.1, 0.15) is 12.0 Å². The van der Waals surface area contributed by atoms with Gasteiger partial charge in [-0.05, 0) is 23.8 Å². The first-order valence-corrected chi connectivity index (χ1v) is 7.84. The van der Waals surface area contributed by atoms with Crippen LogP contribution in [0.2, 0.25) is 0 Å². The second-order valence-electron chi connectivity index (χ2n) is 5.23. The Morgan fingerprint density at radius 1 is 1.08 bits per heavy atom. The fraction of sp³-hybridized carbons (Fsp3) is 0.158. The molecule has 2 amide bonds. The lowest BCUT2D eigenvalue weighted by Crippen LogP contribution is -2.18. The van der Waals surface area contributed by atoms with E-state index < -0.39 is 0 Å². The number of anilines is 2. The number of nitrogens with one attached hydrogen (secondary N) is 2. The predicted molar refractivity (Wildman–Crippen MR) is 99.4 cm³/mol. The number of hydrogen-bond donors (Lipinski definition) is 3. The van der Waals surface area contributed by atoms with Crippen LogP contribution >= 0.6 is 0 Å². The number of methoxy groups -OCH3 is 1. The third kappa shape index (κ3) is 5.78. The van der Waals surface area contributed by atoms with Crippen LogP contribution in [0.5, 0.6) is 5.75 Å². The number of nitrogens with two attached hydrogens (primary N) is 1. The average molecular weight is 339 g/mol. The summed E-state index contributed by atoms with van der Waals surface area (Å²) in [6.45, 7) is 0.247. The molecule has 6 nitrogen and oxygen atoms in total. The first-order valence-electron chi connectivity index (χ1n) is 7.84. The molecule has 130 valence electrons. The van der Waals surface area contributed by atoms with E-state index in [-0.39, 0.29) is 24.8 Å². The Hall–Kier alpha value is -3.12. The van der Waals surface area contributed by atoms with Gasteiger partial charge < -0.3 is 21.1 Å². The standard InChI is InChI=1S/C19H21N3O3/c1-25-15-8-9-16(17(13-15)22-19(24)11-12-20)21-18(23)10-7-14-5-3-2-4-6-14/h2-10,13H,11-12,20H2,1H3,(H,21,23)(H,22,24)/b10-7+. The van der Waals surface area contributed by atoms with Crippen molar-refractivity contribution < 1.29 is 14.3 Å². The van der Waals surface area contributed by atoms with E-state index in [4.69, 9.17) is 10.5 Å². The summed E-state index contributed by atoms with van der Waals surface area (Å²) in [7, 11) is 1.53. The van der Waals surface area contributed by atoms with Crippen molar-refractivity contribution in [3.05, 3.63) is 60.2 Å². The molecule has 0 aliphatic carbocycles. The summed E-state index contributed by atoms with van der Waals surface area (Å²) >= 11 is 0. The Kier molecular flexibility index (Phi) is 6.74. The lowest BCUT2D eigenvalue weighted by molar-refractivity contribution is -0.116. The van der Waals surface area contributed by atoms with Gasteiger partial charge in [-0.2, -0.15) is 0 Å². The van der Waals surface area contributed by atoms with Gasteiger partial charge in [0.25, 0.3) is 0 Å². The van der Waals surface area contributed by atoms with E-state index in [1.54, 1.807) is 24.3 Å². The molecule has 0 heterocycles. The van der Waals surface area contributed by atoms with Crippen molar-refractivity contribution in [1.82, 2.24) is 0 Å². The highest BCUT2D eigenvalue weighted by Crippen LogP contribution is 2.27. The molecule has 0 bridgehead atoms. The van der Waals surface area contributed by atoms with Crippen LogP contribution in [-0.2, 0) is 9.59 Å². The van der Waals surface area contributed by atoms with Gasteiger partial charge in [-0.1, -0.05) is 30.3 Å². The summed E-state index contributed by atoms with van der Waals surface area (Å²) in [5.74, 6) is 0.0373. The Morgan fingerprint density at radius 2 is 1.84 bits per heavy atom. The SMILES string of the molecule is COc1ccc(NC(=O)/C=C/c2ccccc2)c(NC(=O)CCN)c1. The number of carbonyl (C=O) groups excluding carboxylic acids is 2. The minimum atomic E-state index is -0.302. The number of hydrogen-bond acceptors (Lipinski definition) is 4. The topological polar surface area (TPSA) is 93.5 Å². The third-order valence-electron chi connectivity index (χ3n) is 3.36. The molecular formula is C19H21N3O3. The lowest BCUT2D eigenvalue weighted by Gasteiger charge is -2.13. The molecule has 4 N–H and O–H groups in total. The molecular weight excluding hydrogens is 318 g/mol. The maximum absolute atomic E-state index is 12.1. The normalized spacial score (nSPS) is 10.5. The number of ether oxygens (including phenoxy) is 1. The van der Waals surface area contributed by atoms with Gasteiger partial charge in [-0.25, -0.2) is 0 Å². The fourth-order valence-corrected chi connectivity index (χ4v) is 2.12. The van der Waals surface area contributed by atoms with Gasteiger partial charge in [-0.15, -0.1) is 0 Å². The Labute approximate surface area is 146 Å². The molecule has 6 heteroatoms. The smallest absolute Gasteiger partial charge is 0.248 e. The van der Waals surface area contributed by atoms with E-state index in [2.05, 4.69) is 10.6 Å². The Bertz CT molecular complexity index is 758. The molecule has 0 fully saturated rings. The molecule has 2 rings (SSSR count). The van der Waals surface area contributed by atoms with E-state index in [9.17, 15) is 9.59 Å². The molecule has 0 saturated heterocycles.